The molecule has 2 atom stereocenters. The zero-order valence-electron chi connectivity index (χ0n) is 13.5. The van der Waals surface area contributed by atoms with E-state index in [1.54, 1.807) is 12.1 Å². The third-order valence-electron chi connectivity index (χ3n) is 3.91. The highest BCUT2D eigenvalue weighted by Gasteiger charge is 2.42. The molecule has 25 heavy (non-hydrogen) atoms. The molecule has 0 unspecified atom stereocenters. The summed E-state index contributed by atoms with van der Waals surface area (Å²) < 4.78 is 24.2. The van der Waals surface area contributed by atoms with Crippen molar-refractivity contribution < 1.29 is 23.5 Å². The number of para-hydroxylation sites is 1. The van der Waals surface area contributed by atoms with Crippen LogP contribution in [-0.4, -0.2) is 52.5 Å². The van der Waals surface area contributed by atoms with Crippen LogP contribution in [0.5, 0.6) is 5.75 Å². The lowest BCUT2D eigenvalue weighted by Crippen LogP contribution is -2.41. The van der Waals surface area contributed by atoms with Gasteiger partial charge in [-0.05, 0) is 12.1 Å². The summed E-state index contributed by atoms with van der Waals surface area (Å²) in [7, 11) is 1.25. The molecular weight excluding hydrogens is 329 g/mol. The van der Waals surface area contributed by atoms with Crippen LogP contribution in [0.2, 0.25) is 0 Å². The number of hydrogen-bond donors (Lipinski definition) is 0. The Morgan fingerprint density at radius 3 is 2.76 bits per heavy atom. The third-order valence-corrected chi connectivity index (χ3v) is 3.91. The first-order chi connectivity index (χ1) is 12.1. The summed E-state index contributed by atoms with van der Waals surface area (Å²) in [6.07, 6.45) is 3.82. The van der Waals surface area contributed by atoms with Crippen LogP contribution in [0.4, 0.5) is 4.39 Å². The maximum Gasteiger partial charge on any atom is 0.328 e. The fraction of sp³-hybridized carbons (Fsp3) is 0.294. The van der Waals surface area contributed by atoms with E-state index in [0.717, 1.165) is 0 Å². The van der Waals surface area contributed by atoms with Crippen LogP contribution in [-0.2, 0) is 9.53 Å². The number of methoxy groups -OCH3 is 1. The Labute approximate surface area is 143 Å². The Morgan fingerprint density at radius 1 is 1.28 bits per heavy atom. The average Bonchev–Trinajstić information content (AvgIpc) is 3.07. The summed E-state index contributed by atoms with van der Waals surface area (Å²) in [5.74, 6) is -1.44. The molecule has 7 nitrogen and oxygen atoms in total. The second kappa shape index (κ2) is 7.25. The topological polar surface area (TPSA) is 81.6 Å². The summed E-state index contributed by atoms with van der Waals surface area (Å²) in [5.41, 5.74) is 0.114. The fourth-order valence-electron chi connectivity index (χ4n) is 2.74. The van der Waals surface area contributed by atoms with Crippen LogP contribution in [0, 0.1) is 5.82 Å². The monoisotopic (exact) mass is 345 g/mol. The Kier molecular flexibility index (Phi) is 4.87. The quantitative estimate of drug-likeness (QED) is 0.780. The van der Waals surface area contributed by atoms with Gasteiger partial charge < -0.3 is 14.4 Å². The van der Waals surface area contributed by atoms with Gasteiger partial charge in [-0.2, -0.15) is 0 Å². The minimum absolute atomic E-state index is 0.0740. The van der Waals surface area contributed by atoms with Crippen LogP contribution in [0.15, 0.2) is 42.9 Å². The van der Waals surface area contributed by atoms with Gasteiger partial charge in [-0.25, -0.2) is 14.2 Å². The van der Waals surface area contributed by atoms with Gasteiger partial charge in [-0.3, -0.25) is 9.78 Å². The summed E-state index contributed by atoms with van der Waals surface area (Å²) >= 11 is 0. The van der Waals surface area contributed by atoms with Crippen molar-refractivity contribution in [3.63, 3.8) is 0 Å². The third kappa shape index (κ3) is 3.57. The van der Waals surface area contributed by atoms with Crippen molar-refractivity contribution in [2.45, 2.75) is 18.6 Å². The molecule has 3 rings (SSSR count). The molecule has 1 aromatic carbocycles. The number of aromatic nitrogens is 2. The van der Waals surface area contributed by atoms with Crippen LogP contribution in [0.1, 0.15) is 16.9 Å². The lowest BCUT2D eigenvalue weighted by molar-refractivity contribution is -0.145. The molecule has 1 aliphatic heterocycles. The van der Waals surface area contributed by atoms with Crippen LogP contribution in [0.3, 0.4) is 0 Å². The normalized spacial score (nSPS) is 19.5. The Balaban J connectivity index is 1.80. The molecule has 8 heteroatoms. The first kappa shape index (κ1) is 16.8. The molecule has 0 spiro atoms. The SMILES string of the molecule is COC(=O)[C@@H]1C[C@@H](Oc2ccccc2F)CN1C(=O)c1cnccn1. The summed E-state index contributed by atoms with van der Waals surface area (Å²) in [6, 6.07) is 5.16. The fourth-order valence-corrected chi connectivity index (χ4v) is 2.74. The van der Waals surface area contributed by atoms with E-state index < -0.39 is 29.8 Å². The lowest BCUT2D eigenvalue weighted by atomic mass is 10.2. The molecule has 2 heterocycles. The molecule has 0 aliphatic carbocycles. The van der Waals surface area contributed by atoms with Gasteiger partial charge in [0, 0.05) is 18.8 Å². The highest BCUT2D eigenvalue weighted by molar-refractivity contribution is 5.95. The smallest absolute Gasteiger partial charge is 0.328 e. The van der Waals surface area contributed by atoms with E-state index in [-0.39, 0.29) is 24.4 Å². The van der Waals surface area contributed by atoms with Crippen LogP contribution in [0.25, 0.3) is 0 Å². The number of hydrogen-bond acceptors (Lipinski definition) is 6. The van der Waals surface area contributed by atoms with E-state index in [9.17, 15) is 14.0 Å². The molecule has 0 bridgehead atoms. The minimum atomic E-state index is -0.823. The highest BCUT2D eigenvalue weighted by Crippen LogP contribution is 2.26. The van der Waals surface area contributed by atoms with Crippen molar-refractivity contribution >= 4 is 11.9 Å². The molecule has 0 radical (unpaired) electrons. The molecule has 1 saturated heterocycles. The Bertz CT molecular complexity index is 771. The minimum Gasteiger partial charge on any atom is -0.485 e. The van der Waals surface area contributed by atoms with Gasteiger partial charge in [-0.15, -0.1) is 0 Å². The summed E-state index contributed by atoms with van der Waals surface area (Å²) in [4.78, 5) is 33.8. The highest BCUT2D eigenvalue weighted by atomic mass is 19.1. The predicted octanol–water partition coefficient (Wildman–Crippen LogP) is 1.45. The number of carbonyl (C=O) groups excluding carboxylic acids is 2. The maximum absolute atomic E-state index is 13.8. The standard InChI is InChI=1S/C17H16FN3O4/c1-24-17(23)14-8-11(25-15-5-3-2-4-12(15)18)10-21(14)16(22)13-9-19-6-7-20-13/h2-7,9,11,14H,8,10H2,1H3/t11-,14+/m1/s1. The van der Waals surface area contributed by atoms with E-state index in [4.69, 9.17) is 9.47 Å². The Morgan fingerprint density at radius 2 is 2.08 bits per heavy atom. The molecule has 1 fully saturated rings. The number of amides is 1. The van der Waals surface area contributed by atoms with Crippen molar-refractivity contribution in [2.24, 2.45) is 0 Å². The number of nitrogens with zero attached hydrogens (tertiary/aromatic N) is 3. The molecule has 1 aromatic heterocycles. The van der Waals surface area contributed by atoms with E-state index in [0.29, 0.717) is 0 Å². The number of esters is 1. The van der Waals surface area contributed by atoms with Gasteiger partial charge in [0.15, 0.2) is 11.6 Å². The number of likely N-dealkylation sites (tertiary alicyclic amines) is 1. The van der Waals surface area contributed by atoms with Crippen molar-refractivity contribution in [1.29, 1.82) is 0 Å². The maximum atomic E-state index is 13.8. The Hall–Kier alpha value is -3.03. The number of carbonyl (C=O) groups is 2. The molecule has 0 saturated carbocycles. The lowest BCUT2D eigenvalue weighted by Gasteiger charge is -2.21. The predicted molar refractivity (Wildman–Crippen MR) is 84.3 cm³/mol. The second-order valence-corrected chi connectivity index (χ2v) is 5.49. The van der Waals surface area contributed by atoms with Crippen molar-refractivity contribution in [3.8, 4) is 5.75 Å². The average molecular weight is 345 g/mol. The number of rotatable bonds is 4. The van der Waals surface area contributed by atoms with Gasteiger partial charge in [0.25, 0.3) is 5.91 Å². The van der Waals surface area contributed by atoms with E-state index >= 15 is 0 Å². The van der Waals surface area contributed by atoms with Crippen LogP contribution >= 0.6 is 0 Å². The molecule has 1 aliphatic rings. The summed E-state index contributed by atoms with van der Waals surface area (Å²) in [6.45, 7) is 0.115. The van der Waals surface area contributed by atoms with Crippen molar-refractivity contribution in [2.75, 3.05) is 13.7 Å². The van der Waals surface area contributed by atoms with E-state index in [1.807, 2.05) is 0 Å². The molecule has 1 amide bonds. The van der Waals surface area contributed by atoms with E-state index in [2.05, 4.69) is 9.97 Å². The molecule has 0 N–H and O–H groups in total. The first-order valence-corrected chi connectivity index (χ1v) is 7.66. The van der Waals surface area contributed by atoms with E-state index in [1.165, 1.54) is 42.7 Å². The number of halogens is 1. The zero-order valence-corrected chi connectivity index (χ0v) is 13.5. The number of ether oxygens (including phenoxy) is 2. The molecule has 2 aromatic rings. The molecule has 130 valence electrons. The summed E-state index contributed by atoms with van der Waals surface area (Å²) in [5, 5.41) is 0. The van der Waals surface area contributed by atoms with Gasteiger partial charge >= 0.3 is 5.97 Å². The van der Waals surface area contributed by atoms with Gasteiger partial charge in [0.2, 0.25) is 0 Å². The molecular formula is C17H16FN3O4. The van der Waals surface area contributed by atoms with Crippen molar-refractivity contribution in [3.05, 3.63) is 54.4 Å². The zero-order chi connectivity index (χ0) is 17.8. The van der Waals surface area contributed by atoms with Gasteiger partial charge in [0.1, 0.15) is 17.8 Å². The second-order valence-electron chi connectivity index (χ2n) is 5.49. The van der Waals surface area contributed by atoms with Gasteiger partial charge in [0.05, 0.1) is 19.9 Å². The van der Waals surface area contributed by atoms with Crippen molar-refractivity contribution in [1.82, 2.24) is 14.9 Å². The number of benzene rings is 1. The first-order valence-electron chi connectivity index (χ1n) is 7.66. The van der Waals surface area contributed by atoms with Gasteiger partial charge in [-0.1, -0.05) is 12.1 Å². The van der Waals surface area contributed by atoms with Crippen LogP contribution < -0.4 is 4.74 Å². The largest absolute Gasteiger partial charge is 0.485 e.